The fraction of sp³-hybridized carbons (Fsp3) is 0.217. The van der Waals surface area contributed by atoms with Crippen molar-refractivity contribution in [3.8, 4) is 28.7 Å². The van der Waals surface area contributed by atoms with Gasteiger partial charge in [0.25, 0.3) is 0 Å². The lowest BCUT2D eigenvalue weighted by atomic mass is 9.97. The Morgan fingerprint density at radius 3 is 2.53 bits per heavy atom. The summed E-state index contributed by atoms with van der Waals surface area (Å²) >= 11 is 0. The van der Waals surface area contributed by atoms with E-state index < -0.39 is 17.5 Å². The number of methoxy groups -OCH3 is 1. The van der Waals surface area contributed by atoms with Crippen molar-refractivity contribution in [1.82, 2.24) is 4.98 Å². The molecule has 1 aromatic heterocycles. The third-order valence-electron chi connectivity index (χ3n) is 4.62. The van der Waals surface area contributed by atoms with E-state index in [1.54, 1.807) is 38.3 Å². The number of hydrogen-bond acceptors (Lipinski definition) is 7. The van der Waals surface area contributed by atoms with Crippen molar-refractivity contribution in [3.05, 3.63) is 53.7 Å². The Bertz CT molecular complexity index is 1160. The van der Waals surface area contributed by atoms with Crippen LogP contribution in [-0.2, 0) is 9.53 Å². The largest absolute Gasteiger partial charge is 0.504 e. The predicted octanol–water partition coefficient (Wildman–Crippen LogP) is 4.01. The van der Waals surface area contributed by atoms with E-state index in [1.165, 1.54) is 0 Å². The molecule has 0 radical (unpaired) electrons. The van der Waals surface area contributed by atoms with Gasteiger partial charge < -0.3 is 14.6 Å². The summed E-state index contributed by atoms with van der Waals surface area (Å²) < 4.78 is 10.3. The van der Waals surface area contributed by atoms with Crippen molar-refractivity contribution in [3.63, 3.8) is 0 Å². The zero-order chi connectivity index (χ0) is 21.7. The van der Waals surface area contributed by atoms with Gasteiger partial charge in [0.15, 0.2) is 11.5 Å². The SMILES string of the molecule is CCOC(=O)CCC(=O)c1nc2c(-c3ccccc3OC)cccc2c(C#N)c1O. The Kier molecular flexibility index (Phi) is 6.28. The standard InChI is InChI=1S/C23H20N2O5/c1-3-30-20(27)12-11-18(26)22-23(28)17(13-24)16-9-6-8-15(21(16)25-22)14-7-4-5-10-19(14)29-2/h4-10,28H,3,11-12H2,1-2H3. The summed E-state index contributed by atoms with van der Waals surface area (Å²) in [7, 11) is 1.55. The van der Waals surface area contributed by atoms with Crippen LogP contribution in [0.15, 0.2) is 42.5 Å². The monoisotopic (exact) mass is 404 g/mol. The zero-order valence-electron chi connectivity index (χ0n) is 16.6. The van der Waals surface area contributed by atoms with Crippen molar-refractivity contribution < 1.29 is 24.2 Å². The average molecular weight is 404 g/mol. The number of carbonyl (C=O) groups is 2. The molecule has 2 aromatic carbocycles. The first-order valence-electron chi connectivity index (χ1n) is 9.39. The van der Waals surface area contributed by atoms with Gasteiger partial charge in [-0.25, -0.2) is 4.98 Å². The van der Waals surface area contributed by atoms with Crippen molar-refractivity contribution in [1.29, 1.82) is 5.26 Å². The molecule has 0 aliphatic heterocycles. The molecule has 3 aromatic rings. The number of pyridine rings is 1. The van der Waals surface area contributed by atoms with Crippen LogP contribution in [0.1, 0.15) is 35.8 Å². The first-order valence-corrected chi connectivity index (χ1v) is 9.39. The summed E-state index contributed by atoms with van der Waals surface area (Å²) in [4.78, 5) is 28.7. The second-order valence-corrected chi connectivity index (χ2v) is 6.43. The number of esters is 1. The predicted molar refractivity (Wildman–Crippen MR) is 110 cm³/mol. The molecule has 0 atom stereocenters. The van der Waals surface area contributed by atoms with Crippen LogP contribution in [-0.4, -0.2) is 35.6 Å². The zero-order valence-corrected chi connectivity index (χ0v) is 16.6. The van der Waals surface area contributed by atoms with Gasteiger partial charge in [-0.3, -0.25) is 9.59 Å². The maximum Gasteiger partial charge on any atom is 0.306 e. The van der Waals surface area contributed by atoms with Crippen LogP contribution in [0, 0.1) is 11.3 Å². The van der Waals surface area contributed by atoms with E-state index in [0.29, 0.717) is 22.2 Å². The Balaban J connectivity index is 2.16. The van der Waals surface area contributed by atoms with Crippen molar-refractivity contribution in [2.24, 2.45) is 0 Å². The normalized spacial score (nSPS) is 10.4. The van der Waals surface area contributed by atoms with E-state index >= 15 is 0 Å². The molecule has 0 spiro atoms. The van der Waals surface area contributed by atoms with Crippen LogP contribution >= 0.6 is 0 Å². The summed E-state index contributed by atoms with van der Waals surface area (Å²) in [6.45, 7) is 1.89. The third kappa shape index (κ3) is 3.94. The second-order valence-electron chi connectivity index (χ2n) is 6.43. The van der Waals surface area contributed by atoms with Gasteiger partial charge in [-0.05, 0) is 13.0 Å². The van der Waals surface area contributed by atoms with E-state index in [2.05, 4.69) is 4.98 Å². The number of nitrogens with zero attached hydrogens (tertiary/aromatic N) is 2. The van der Waals surface area contributed by atoms with Crippen molar-refractivity contribution >= 4 is 22.7 Å². The molecule has 0 bridgehead atoms. The number of para-hydroxylation sites is 2. The maximum atomic E-state index is 12.7. The molecule has 0 aliphatic rings. The van der Waals surface area contributed by atoms with Crippen molar-refractivity contribution in [2.45, 2.75) is 19.8 Å². The number of Topliss-reactive ketones (excluding diaryl/α,β-unsaturated/α-hetero) is 1. The quantitative estimate of drug-likeness (QED) is 0.468. The fourth-order valence-corrected chi connectivity index (χ4v) is 3.24. The third-order valence-corrected chi connectivity index (χ3v) is 4.62. The van der Waals surface area contributed by atoms with Crippen LogP contribution in [0.25, 0.3) is 22.0 Å². The molecule has 1 N–H and O–H groups in total. The highest BCUT2D eigenvalue weighted by molar-refractivity contribution is 6.05. The van der Waals surface area contributed by atoms with Gasteiger partial charge in [0.1, 0.15) is 23.1 Å². The number of fused-ring (bicyclic) bond motifs is 1. The Morgan fingerprint density at radius 1 is 1.10 bits per heavy atom. The van der Waals surface area contributed by atoms with Crippen LogP contribution < -0.4 is 4.74 Å². The summed E-state index contributed by atoms with van der Waals surface area (Å²) in [6.07, 6.45) is -0.325. The highest BCUT2D eigenvalue weighted by Crippen LogP contribution is 2.37. The van der Waals surface area contributed by atoms with Gasteiger partial charge in [-0.1, -0.05) is 36.4 Å². The molecule has 0 aliphatic carbocycles. The number of carbonyl (C=O) groups excluding carboxylic acids is 2. The average Bonchev–Trinajstić information content (AvgIpc) is 2.76. The number of benzene rings is 2. The Morgan fingerprint density at radius 2 is 1.83 bits per heavy atom. The molecular formula is C23H20N2O5. The first kappa shape index (κ1) is 20.8. The highest BCUT2D eigenvalue weighted by atomic mass is 16.5. The molecule has 7 nitrogen and oxygen atoms in total. The van der Waals surface area contributed by atoms with E-state index in [-0.39, 0.29) is 30.7 Å². The minimum atomic E-state index is -0.547. The van der Waals surface area contributed by atoms with Gasteiger partial charge >= 0.3 is 5.97 Å². The van der Waals surface area contributed by atoms with Crippen LogP contribution in [0.3, 0.4) is 0 Å². The molecule has 0 amide bonds. The molecule has 0 saturated heterocycles. The molecule has 1 heterocycles. The second kappa shape index (κ2) is 9.05. The minimum absolute atomic E-state index is 0.0452. The van der Waals surface area contributed by atoms with E-state index in [9.17, 15) is 20.0 Å². The number of nitriles is 1. The van der Waals surface area contributed by atoms with E-state index in [1.807, 2.05) is 24.3 Å². The molecule has 3 rings (SSSR count). The lowest BCUT2D eigenvalue weighted by molar-refractivity contribution is -0.143. The summed E-state index contributed by atoms with van der Waals surface area (Å²) in [5, 5.41) is 20.6. The topological polar surface area (TPSA) is 110 Å². The summed E-state index contributed by atoms with van der Waals surface area (Å²) in [5.74, 6) is -0.945. The van der Waals surface area contributed by atoms with Gasteiger partial charge in [0.2, 0.25) is 0 Å². The highest BCUT2D eigenvalue weighted by Gasteiger charge is 2.22. The summed E-state index contributed by atoms with van der Waals surface area (Å²) in [5.41, 5.74) is 1.48. The molecule has 0 saturated carbocycles. The fourth-order valence-electron chi connectivity index (χ4n) is 3.24. The lowest BCUT2D eigenvalue weighted by Crippen LogP contribution is -2.10. The van der Waals surface area contributed by atoms with Crippen molar-refractivity contribution in [2.75, 3.05) is 13.7 Å². The van der Waals surface area contributed by atoms with Crippen LogP contribution in [0.4, 0.5) is 0 Å². The smallest absolute Gasteiger partial charge is 0.306 e. The Hall–Kier alpha value is -3.92. The number of rotatable bonds is 7. The van der Waals surface area contributed by atoms with Gasteiger partial charge in [0, 0.05) is 22.9 Å². The minimum Gasteiger partial charge on any atom is -0.504 e. The molecule has 0 unspecified atom stereocenters. The van der Waals surface area contributed by atoms with E-state index in [0.717, 1.165) is 5.56 Å². The molecule has 152 valence electrons. The Labute approximate surface area is 173 Å². The summed E-state index contributed by atoms with van der Waals surface area (Å²) in [6, 6.07) is 14.5. The molecule has 0 fully saturated rings. The number of hydrogen-bond donors (Lipinski definition) is 1. The van der Waals surface area contributed by atoms with E-state index in [4.69, 9.17) is 9.47 Å². The van der Waals surface area contributed by atoms with Gasteiger partial charge in [0.05, 0.1) is 25.7 Å². The number of aromatic nitrogens is 1. The van der Waals surface area contributed by atoms with Gasteiger partial charge in [-0.15, -0.1) is 0 Å². The first-order chi connectivity index (χ1) is 14.5. The molecule has 7 heteroatoms. The number of aromatic hydroxyl groups is 1. The number of ether oxygens (including phenoxy) is 2. The maximum absolute atomic E-state index is 12.7. The van der Waals surface area contributed by atoms with Crippen LogP contribution in [0.2, 0.25) is 0 Å². The van der Waals surface area contributed by atoms with Crippen LogP contribution in [0.5, 0.6) is 11.5 Å². The molecular weight excluding hydrogens is 384 g/mol. The molecule has 30 heavy (non-hydrogen) atoms. The lowest BCUT2D eigenvalue weighted by Gasteiger charge is -2.13. The van der Waals surface area contributed by atoms with Gasteiger partial charge in [-0.2, -0.15) is 5.26 Å². The number of ketones is 1.